The quantitative estimate of drug-likeness (QED) is 0.468. The maximum atomic E-state index is 13.6. The van der Waals surface area contributed by atoms with Crippen LogP contribution >= 0.6 is 0 Å². The Morgan fingerprint density at radius 2 is 1.55 bits per heavy atom. The van der Waals surface area contributed by atoms with Crippen LogP contribution in [0.3, 0.4) is 0 Å². The van der Waals surface area contributed by atoms with Gasteiger partial charge in [0.25, 0.3) is 11.8 Å². The zero-order valence-electron chi connectivity index (χ0n) is 18.7. The molecule has 0 bridgehead atoms. The molecule has 1 amide bonds. The van der Waals surface area contributed by atoms with E-state index in [1.165, 1.54) is 37.5 Å². The van der Waals surface area contributed by atoms with Gasteiger partial charge in [0.15, 0.2) is 11.5 Å². The number of hydrogen-bond donors (Lipinski definition) is 1. The summed E-state index contributed by atoms with van der Waals surface area (Å²) in [5.74, 6) is -2.40. The van der Waals surface area contributed by atoms with E-state index >= 15 is 0 Å². The van der Waals surface area contributed by atoms with Gasteiger partial charge in [-0.1, -0.05) is 30.3 Å². The van der Waals surface area contributed by atoms with Crippen LogP contribution in [0, 0.1) is 0 Å². The fourth-order valence-corrected chi connectivity index (χ4v) is 4.10. The largest absolute Gasteiger partial charge is 0.493 e. The van der Waals surface area contributed by atoms with E-state index in [2.05, 4.69) is 11.4 Å². The highest BCUT2D eigenvalue weighted by atomic mass is 19.3. The first-order chi connectivity index (χ1) is 15.3. The number of hydrogen-bond acceptors (Lipinski definition) is 3. The van der Waals surface area contributed by atoms with Gasteiger partial charge in [0.1, 0.15) is 0 Å². The second-order valence-corrected chi connectivity index (χ2v) is 8.01. The van der Waals surface area contributed by atoms with E-state index in [9.17, 15) is 13.6 Å². The van der Waals surface area contributed by atoms with Crippen LogP contribution in [0.4, 0.5) is 19.2 Å². The van der Waals surface area contributed by atoms with E-state index in [1.807, 2.05) is 12.1 Å². The van der Waals surface area contributed by atoms with Crippen molar-refractivity contribution in [2.24, 2.45) is 0 Å². The van der Waals surface area contributed by atoms with Gasteiger partial charge >= 0.3 is 0 Å². The van der Waals surface area contributed by atoms with Gasteiger partial charge in [0.2, 0.25) is 0 Å². The molecule has 1 aliphatic rings. The van der Waals surface area contributed by atoms with Gasteiger partial charge in [-0.05, 0) is 65.8 Å². The van der Waals surface area contributed by atoms with Crippen molar-refractivity contribution < 1.29 is 27.8 Å². The highest BCUT2D eigenvalue weighted by Gasteiger charge is 2.25. The first kappa shape index (κ1) is 24.2. The van der Waals surface area contributed by atoms with Crippen LogP contribution in [0.1, 0.15) is 40.4 Å². The minimum absolute atomic E-state index is 0. The van der Waals surface area contributed by atoms with E-state index in [1.54, 1.807) is 24.3 Å². The lowest BCUT2D eigenvalue weighted by atomic mass is 9.96. The molecule has 0 aliphatic heterocycles. The molecule has 7 heteroatoms. The number of rotatable bonds is 6. The predicted molar refractivity (Wildman–Crippen MR) is 123 cm³/mol. The average molecular weight is 457 g/mol. The van der Waals surface area contributed by atoms with Crippen LogP contribution in [0.25, 0.3) is 11.1 Å². The molecule has 3 aromatic rings. The lowest BCUT2D eigenvalue weighted by Gasteiger charge is -2.17. The summed E-state index contributed by atoms with van der Waals surface area (Å²) in [5, 5.41) is 2.97. The van der Waals surface area contributed by atoms with Gasteiger partial charge in [-0.3, -0.25) is 9.50 Å². The van der Waals surface area contributed by atoms with E-state index in [-0.39, 0.29) is 16.2 Å². The third-order valence-electron chi connectivity index (χ3n) is 5.83. The number of carbonyl (C=O) groups is 1. The minimum atomic E-state index is -2.94. The van der Waals surface area contributed by atoms with Crippen LogP contribution in [0.15, 0.2) is 54.6 Å². The van der Waals surface area contributed by atoms with Crippen molar-refractivity contribution in [1.82, 2.24) is 0 Å². The molecule has 0 radical (unpaired) electrons. The fourth-order valence-electron chi connectivity index (χ4n) is 4.10. The van der Waals surface area contributed by atoms with Gasteiger partial charge in [0.05, 0.1) is 19.8 Å². The fraction of sp³-hybridized carbons (Fsp3) is 0.269. The zero-order valence-corrected chi connectivity index (χ0v) is 18.7. The summed E-state index contributed by atoms with van der Waals surface area (Å²) in [5.41, 5.74) is 4.75. The average Bonchev–Trinajstić information content (AvgIpc) is 3.25. The second kappa shape index (κ2) is 9.57. The first-order valence-electron chi connectivity index (χ1n) is 10.5. The van der Waals surface area contributed by atoms with Gasteiger partial charge in [0, 0.05) is 18.2 Å². The molecule has 0 aromatic heterocycles. The normalized spacial score (nSPS) is 12.5. The number of benzene rings is 3. The van der Waals surface area contributed by atoms with Crippen LogP contribution in [-0.2, 0) is 18.8 Å². The summed E-state index contributed by atoms with van der Waals surface area (Å²) in [7, 11) is 3.00. The summed E-state index contributed by atoms with van der Waals surface area (Å²) in [6, 6.07) is 15.2. The third kappa shape index (κ3) is 4.97. The molecule has 0 heterocycles. The van der Waals surface area contributed by atoms with Crippen LogP contribution < -0.4 is 14.8 Å². The number of ether oxygens (including phenoxy) is 2. The number of amides is 1. The summed E-state index contributed by atoms with van der Waals surface area (Å²) in [6.07, 6.45) is 3.20. The number of aryl methyl sites for hydroxylation is 2. The van der Waals surface area contributed by atoms with E-state index in [0.29, 0.717) is 28.2 Å². The smallest absolute Gasteiger partial charge is 0.270 e. The Morgan fingerprint density at radius 1 is 0.909 bits per heavy atom. The van der Waals surface area contributed by atoms with E-state index in [0.717, 1.165) is 31.9 Å². The van der Waals surface area contributed by atoms with Crippen LogP contribution in [-0.4, -0.2) is 20.1 Å². The van der Waals surface area contributed by atoms with Crippen molar-refractivity contribution in [2.75, 3.05) is 19.5 Å². The first-order valence-corrected chi connectivity index (χ1v) is 10.5. The Labute approximate surface area is 190 Å². The number of fused-ring (bicyclic) bond motifs is 1. The molecule has 1 N–H and O–H groups in total. The van der Waals surface area contributed by atoms with E-state index in [4.69, 9.17) is 9.47 Å². The molecule has 0 atom stereocenters. The number of alkyl halides is 2. The molecular weight excluding hydrogens is 431 g/mol. The van der Waals surface area contributed by atoms with Gasteiger partial charge < -0.3 is 14.8 Å². The van der Waals surface area contributed by atoms with Crippen molar-refractivity contribution in [3.05, 3.63) is 76.9 Å². The maximum absolute atomic E-state index is 13.6. The molecule has 0 unspecified atom stereocenters. The second-order valence-electron chi connectivity index (χ2n) is 8.01. The molecule has 1 aliphatic carbocycles. The molecule has 0 spiro atoms. The molecule has 0 fully saturated rings. The molecule has 0 saturated heterocycles. The van der Waals surface area contributed by atoms with Crippen molar-refractivity contribution in [3.8, 4) is 22.6 Å². The highest BCUT2D eigenvalue weighted by Crippen LogP contribution is 2.37. The topological polar surface area (TPSA) is 47.6 Å². The van der Waals surface area contributed by atoms with Crippen molar-refractivity contribution in [3.63, 3.8) is 0 Å². The number of carbonyl (C=O) groups excluding carboxylic acids is 1. The Kier molecular flexibility index (Phi) is 7.01. The lowest BCUT2D eigenvalue weighted by molar-refractivity contribution is 0.0175. The van der Waals surface area contributed by atoms with Gasteiger partial charge in [-0.25, -0.2) is 8.78 Å². The predicted octanol–water partition coefficient (Wildman–Crippen LogP) is 6.38. The summed E-state index contributed by atoms with van der Waals surface area (Å²) in [4.78, 5) is 13.3. The minimum Gasteiger partial charge on any atom is -0.493 e. The lowest BCUT2D eigenvalue weighted by Crippen LogP contribution is -2.14. The number of methoxy groups -OCH3 is 2. The molecular formula is C26H26F3NO3. The third-order valence-corrected chi connectivity index (χ3v) is 5.83. The number of halogens is 3. The Morgan fingerprint density at radius 3 is 2.18 bits per heavy atom. The van der Waals surface area contributed by atoms with Crippen LogP contribution in [0.2, 0.25) is 0 Å². The van der Waals surface area contributed by atoms with Gasteiger partial charge in [-0.2, -0.15) is 0 Å². The van der Waals surface area contributed by atoms with E-state index < -0.39 is 5.92 Å². The molecule has 33 heavy (non-hydrogen) atoms. The Hall–Kier alpha value is -3.48. The van der Waals surface area contributed by atoms with Gasteiger partial charge in [-0.15, -0.1) is 0 Å². The van der Waals surface area contributed by atoms with Crippen molar-refractivity contribution in [2.45, 2.75) is 32.1 Å². The number of anilines is 1. The molecule has 3 aromatic carbocycles. The standard InChI is InChI=1S/C26H25F2NO3.FH/c1-26(27,28)19-10-7-17(8-11-19)21-14-23(31-2)24(32-3)15-22(21)25(30)29-20-12-9-16-5-4-6-18(16)13-20;/h7-15H,4-6H2,1-3H3,(H,29,30);1H. The number of nitrogens with one attached hydrogen (secondary N) is 1. The molecule has 4 rings (SSSR count). The summed E-state index contributed by atoms with van der Waals surface area (Å²) in [6.45, 7) is 0.855. The molecule has 4 nitrogen and oxygen atoms in total. The highest BCUT2D eigenvalue weighted by molar-refractivity contribution is 6.09. The zero-order chi connectivity index (χ0) is 22.9. The van der Waals surface area contributed by atoms with Crippen LogP contribution in [0.5, 0.6) is 11.5 Å². The maximum Gasteiger partial charge on any atom is 0.270 e. The Balaban J connectivity index is 0.00000306. The summed E-state index contributed by atoms with van der Waals surface area (Å²) < 4.78 is 38.1. The molecule has 174 valence electrons. The summed E-state index contributed by atoms with van der Waals surface area (Å²) >= 11 is 0. The Bertz CT molecular complexity index is 1150. The van der Waals surface area contributed by atoms with Crippen molar-refractivity contribution in [1.29, 1.82) is 0 Å². The monoisotopic (exact) mass is 457 g/mol. The SMILES string of the molecule is COc1cc(C(=O)Nc2ccc3c(c2)CCC3)c(-c2ccc(C(C)(F)F)cc2)cc1OC.F. The van der Waals surface area contributed by atoms with Crippen molar-refractivity contribution >= 4 is 11.6 Å². The molecule has 0 saturated carbocycles.